The Kier molecular flexibility index (Phi) is 6.71. The van der Waals surface area contributed by atoms with Gasteiger partial charge in [0, 0.05) is 17.3 Å². The molecule has 1 N–H and O–H groups in total. The zero-order valence-electron chi connectivity index (χ0n) is 16.7. The average Bonchev–Trinajstić information content (AvgIpc) is 3.18. The van der Waals surface area contributed by atoms with E-state index in [1.807, 2.05) is 29.5 Å². The number of hydrogen-bond acceptors (Lipinski definition) is 6. The van der Waals surface area contributed by atoms with Crippen LogP contribution >= 0.6 is 35.0 Å². The van der Waals surface area contributed by atoms with E-state index in [4.69, 9.17) is 27.9 Å². The van der Waals surface area contributed by atoms with Crippen molar-refractivity contribution < 1.29 is 9.84 Å². The summed E-state index contributed by atoms with van der Waals surface area (Å²) in [6.07, 6.45) is 0.0314. The van der Waals surface area contributed by atoms with Gasteiger partial charge in [0.05, 0.1) is 22.0 Å². The number of para-hydroxylation sites is 1. The number of ether oxygens (including phenoxy) is 1. The van der Waals surface area contributed by atoms with Crippen LogP contribution in [-0.2, 0) is 6.54 Å². The van der Waals surface area contributed by atoms with Gasteiger partial charge in [0.2, 0.25) is 5.78 Å². The normalized spacial score (nSPS) is 12.5. The number of aliphatic hydroxyl groups excluding tert-OH is 1. The largest absolute Gasteiger partial charge is 0.489 e. The van der Waals surface area contributed by atoms with Crippen LogP contribution in [0.5, 0.6) is 5.75 Å². The molecule has 0 amide bonds. The van der Waals surface area contributed by atoms with Gasteiger partial charge in [-0.05, 0) is 36.8 Å². The molecule has 0 fully saturated rings. The van der Waals surface area contributed by atoms with E-state index in [9.17, 15) is 9.90 Å². The second-order valence-electron chi connectivity index (χ2n) is 6.94. The molecule has 0 saturated heterocycles. The zero-order valence-corrected chi connectivity index (χ0v) is 19.0. The van der Waals surface area contributed by atoms with Crippen LogP contribution in [0.4, 0.5) is 0 Å². The minimum Gasteiger partial charge on any atom is -0.489 e. The van der Waals surface area contributed by atoms with Gasteiger partial charge in [-0.3, -0.25) is 13.8 Å². The Labute approximate surface area is 192 Å². The van der Waals surface area contributed by atoms with Crippen molar-refractivity contribution in [2.24, 2.45) is 0 Å². The molecule has 2 aromatic heterocycles. The molecule has 1 atom stereocenters. The summed E-state index contributed by atoms with van der Waals surface area (Å²) in [5.74, 6) is 1.28. The van der Waals surface area contributed by atoms with Crippen LogP contribution in [0, 0.1) is 0 Å². The van der Waals surface area contributed by atoms with Gasteiger partial charge in [-0.15, -0.1) is 10.2 Å². The molecular weight excluding hydrogens is 459 g/mol. The minimum absolute atomic E-state index is 0.0619. The lowest BCUT2D eigenvalue weighted by Crippen LogP contribution is -2.23. The first-order valence-electron chi connectivity index (χ1n) is 9.75. The van der Waals surface area contributed by atoms with Crippen molar-refractivity contribution in [3.05, 3.63) is 62.9 Å². The number of hydrogen-bond donors (Lipinski definition) is 1. The molecular formula is C21H20Cl2N4O3S. The number of aromatic nitrogens is 4. The molecule has 10 heteroatoms. The Morgan fingerprint density at radius 3 is 2.77 bits per heavy atom. The van der Waals surface area contributed by atoms with E-state index in [1.165, 1.54) is 11.8 Å². The first kappa shape index (κ1) is 22.0. The van der Waals surface area contributed by atoms with Crippen LogP contribution < -0.4 is 10.3 Å². The smallest absolute Gasteiger partial charge is 0.262 e. The van der Waals surface area contributed by atoms with Crippen LogP contribution in [0.15, 0.2) is 52.4 Å². The maximum Gasteiger partial charge on any atom is 0.262 e. The molecule has 0 radical (unpaired) electrons. The molecule has 0 aliphatic carbocycles. The molecule has 0 saturated carbocycles. The number of nitrogens with zero attached hydrogens (tertiary/aromatic N) is 4. The Hall–Kier alpha value is -2.26. The average molecular weight is 479 g/mol. The van der Waals surface area contributed by atoms with Crippen molar-refractivity contribution in [2.45, 2.75) is 31.1 Å². The highest BCUT2D eigenvalue weighted by Gasteiger charge is 2.17. The number of aliphatic hydroxyl groups is 1. The highest BCUT2D eigenvalue weighted by atomic mass is 35.5. The van der Waals surface area contributed by atoms with E-state index in [-0.39, 0.29) is 12.2 Å². The van der Waals surface area contributed by atoms with Gasteiger partial charge in [0.25, 0.3) is 5.56 Å². The molecule has 4 rings (SSSR count). The van der Waals surface area contributed by atoms with Gasteiger partial charge in [-0.25, -0.2) is 0 Å². The minimum atomic E-state index is -0.767. The number of aryl methyl sites for hydroxylation is 1. The van der Waals surface area contributed by atoms with E-state index < -0.39 is 6.10 Å². The molecule has 2 heterocycles. The lowest BCUT2D eigenvalue weighted by molar-refractivity contribution is 0.126. The Bertz CT molecular complexity index is 1290. The molecule has 31 heavy (non-hydrogen) atoms. The summed E-state index contributed by atoms with van der Waals surface area (Å²) in [5.41, 5.74) is 0.656. The van der Waals surface area contributed by atoms with Crippen LogP contribution in [0.25, 0.3) is 16.7 Å². The van der Waals surface area contributed by atoms with E-state index in [1.54, 1.807) is 28.8 Å². The molecule has 0 aliphatic rings. The second-order valence-corrected chi connectivity index (χ2v) is 8.77. The number of fused-ring (bicyclic) bond motifs is 3. The van der Waals surface area contributed by atoms with Crippen LogP contribution in [0.3, 0.4) is 0 Å². The van der Waals surface area contributed by atoms with E-state index in [0.717, 1.165) is 11.9 Å². The first-order chi connectivity index (χ1) is 15.0. The molecule has 2 aromatic carbocycles. The van der Waals surface area contributed by atoms with Crippen molar-refractivity contribution in [3.63, 3.8) is 0 Å². The lowest BCUT2D eigenvalue weighted by Gasteiger charge is -2.13. The quantitative estimate of drug-likeness (QED) is 0.380. The van der Waals surface area contributed by atoms with Gasteiger partial charge in [0.1, 0.15) is 12.4 Å². The van der Waals surface area contributed by atoms with E-state index in [2.05, 4.69) is 10.2 Å². The Balaban J connectivity index is 1.55. The fraction of sp³-hybridized carbons (Fsp3) is 0.286. The fourth-order valence-electron chi connectivity index (χ4n) is 3.25. The summed E-state index contributed by atoms with van der Waals surface area (Å²) in [7, 11) is 0. The van der Waals surface area contributed by atoms with E-state index in [0.29, 0.717) is 44.4 Å². The predicted molar refractivity (Wildman–Crippen MR) is 124 cm³/mol. The van der Waals surface area contributed by atoms with Gasteiger partial charge >= 0.3 is 0 Å². The number of thioether (sulfide) groups is 1. The third-order valence-corrected chi connectivity index (χ3v) is 6.26. The zero-order chi connectivity index (χ0) is 22.0. The van der Waals surface area contributed by atoms with Gasteiger partial charge in [-0.1, -0.05) is 54.0 Å². The van der Waals surface area contributed by atoms with Crippen molar-refractivity contribution in [2.75, 3.05) is 12.4 Å². The molecule has 0 aliphatic heterocycles. The molecule has 7 nitrogen and oxygen atoms in total. The van der Waals surface area contributed by atoms with Gasteiger partial charge in [0.15, 0.2) is 5.16 Å². The summed E-state index contributed by atoms with van der Waals surface area (Å²) in [5, 5.41) is 21.0. The summed E-state index contributed by atoms with van der Waals surface area (Å²) < 4.78 is 9.11. The molecule has 1 unspecified atom stereocenters. The van der Waals surface area contributed by atoms with Crippen LogP contribution in [0.2, 0.25) is 10.0 Å². The Morgan fingerprint density at radius 1 is 1.19 bits per heavy atom. The maximum absolute atomic E-state index is 12.9. The van der Waals surface area contributed by atoms with Crippen LogP contribution in [0.1, 0.15) is 13.3 Å². The number of rotatable bonds is 8. The third kappa shape index (κ3) is 4.52. The molecule has 0 bridgehead atoms. The highest BCUT2D eigenvalue weighted by Crippen LogP contribution is 2.28. The van der Waals surface area contributed by atoms with Crippen molar-refractivity contribution >= 4 is 51.6 Å². The second kappa shape index (κ2) is 9.48. The molecule has 162 valence electrons. The summed E-state index contributed by atoms with van der Waals surface area (Å²) in [4.78, 5) is 12.9. The topological polar surface area (TPSA) is 81.7 Å². The van der Waals surface area contributed by atoms with E-state index >= 15 is 0 Å². The maximum atomic E-state index is 12.9. The van der Waals surface area contributed by atoms with Crippen molar-refractivity contribution in [1.29, 1.82) is 0 Å². The van der Waals surface area contributed by atoms with Gasteiger partial charge < -0.3 is 9.84 Å². The van der Waals surface area contributed by atoms with Crippen molar-refractivity contribution in [3.8, 4) is 5.75 Å². The predicted octanol–water partition coefficient (Wildman–Crippen LogP) is 4.29. The molecule has 4 aromatic rings. The lowest BCUT2D eigenvalue weighted by atomic mass is 10.2. The van der Waals surface area contributed by atoms with Crippen LogP contribution in [-0.4, -0.2) is 42.7 Å². The Morgan fingerprint density at radius 2 is 2.00 bits per heavy atom. The summed E-state index contributed by atoms with van der Waals surface area (Å²) >= 11 is 13.3. The SMILES string of the molecule is CCCn1c(=O)c2ccccc2n2c(SCC(O)COc3ccc(Cl)cc3Cl)nnc12. The molecule has 0 spiro atoms. The number of benzene rings is 2. The van der Waals surface area contributed by atoms with Crippen molar-refractivity contribution in [1.82, 2.24) is 19.2 Å². The monoisotopic (exact) mass is 478 g/mol. The van der Waals surface area contributed by atoms with Gasteiger partial charge in [-0.2, -0.15) is 0 Å². The highest BCUT2D eigenvalue weighted by molar-refractivity contribution is 7.99. The fourth-order valence-corrected chi connectivity index (χ4v) is 4.56. The number of halogens is 2. The standard InChI is InChI=1S/C21H20Cl2N4O3S/c1-2-9-26-19(29)15-5-3-4-6-17(15)27-20(26)24-25-21(27)31-12-14(28)11-30-18-8-7-13(22)10-16(18)23/h3-8,10,14,28H,2,9,11-12H2,1H3. The summed E-state index contributed by atoms with van der Waals surface area (Å²) in [6, 6.07) is 12.3. The first-order valence-corrected chi connectivity index (χ1v) is 11.5. The third-order valence-electron chi connectivity index (χ3n) is 4.66. The summed E-state index contributed by atoms with van der Waals surface area (Å²) in [6.45, 7) is 2.62.